The first kappa shape index (κ1) is 14.5. The summed E-state index contributed by atoms with van der Waals surface area (Å²) in [7, 11) is 0. The third kappa shape index (κ3) is 2.65. The molecule has 24 heavy (non-hydrogen) atoms. The fourth-order valence-electron chi connectivity index (χ4n) is 3.11. The van der Waals surface area contributed by atoms with Crippen molar-refractivity contribution in [3.05, 3.63) is 78.1 Å². The molecule has 0 spiro atoms. The Labute approximate surface area is 139 Å². The summed E-state index contributed by atoms with van der Waals surface area (Å²) in [5.41, 5.74) is 3.66. The highest BCUT2D eigenvalue weighted by Crippen LogP contribution is 2.30. The lowest BCUT2D eigenvalue weighted by Gasteiger charge is -2.06. The number of hydrogen-bond donors (Lipinski definition) is 1. The molecule has 3 nitrogen and oxygen atoms in total. The lowest BCUT2D eigenvalue weighted by atomic mass is 10.0. The molecule has 0 aliphatic carbocycles. The van der Waals surface area contributed by atoms with E-state index in [0.29, 0.717) is 0 Å². The summed E-state index contributed by atoms with van der Waals surface area (Å²) >= 11 is 0. The van der Waals surface area contributed by atoms with E-state index < -0.39 is 0 Å². The average molecular weight is 315 g/mol. The monoisotopic (exact) mass is 315 g/mol. The molecule has 3 heteroatoms. The summed E-state index contributed by atoms with van der Waals surface area (Å²) in [6.07, 6.45) is 1.97. The van der Waals surface area contributed by atoms with Crippen molar-refractivity contribution < 1.29 is 9.21 Å². The molecule has 0 saturated heterocycles. The van der Waals surface area contributed by atoms with Crippen molar-refractivity contribution in [2.24, 2.45) is 0 Å². The van der Waals surface area contributed by atoms with Gasteiger partial charge in [0, 0.05) is 16.6 Å². The van der Waals surface area contributed by atoms with Crippen LogP contribution >= 0.6 is 0 Å². The number of benzene rings is 3. The van der Waals surface area contributed by atoms with E-state index in [1.807, 2.05) is 55.5 Å². The number of fused-ring (bicyclic) bond motifs is 3. The van der Waals surface area contributed by atoms with Gasteiger partial charge in [-0.3, -0.25) is 4.79 Å². The van der Waals surface area contributed by atoms with Gasteiger partial charge < -0.3 is 9.73 Å². The molecule has 0 aliphatic heterocycles. The molecule has 0 unspecified atom stereocenters. The minimum atomic E-state index is -0.0452. The second kappa shape index (κ2) is 5.85. The van der Waals surface area contributed by atoms with E-state index in [1.165, 1.54) is 0 Å². The smallest absolute Gasteiger partial charge is 0.228 e. The molecule has 0 bridgehead atoms. The highest BCUT2D eigenvalue weighted by Gasteiger charge is 2.13. The molecule has 4 aromatic rings. The van der Waals surface area contributed by atoms with Crippen LogP contribution in [0.5, 0.6) is 0 Å². The fraction of sp³-hybridized carbons (Fsp3) is 0.0952. The number of aryl methyl sites for hydroxylation is 1. The number of hydrogen-bond acceptors (Lipinski definition) is 2. The van der Waals surface area contributed by atoms with Gasteiger partial charge in [0.05, 0.1) is 12.7 Å². The maximum absolute atomic E-state index is 12.4. The van der Waals surface area contributed by atoms with Gasteiger partial charge in [0.1, 0.15) is 5.58 Å². The predicted octanol–water partition coefficient (Wildman–Crippen LogP) is 5.08. The SMILES string of the molecule is Cc1cccc(NC(=O)Cc2coc3ccc4ccccc4c23)c1. The Balaban J connectivity index is 1.67. The van der Waals surface area contributed by atoms with Crippen LogP contribution in [0.15, 0.2) is 71.3 Å². The third-order valence-corrected chi connectivity index (χ3v) is 4.19. The molecule has 1 heterocycles. The Hall–Kier alpha value is -3.07. The number of carbonyl (C=O) groups is 1. The zero-order valence-electron chi connectivity index (χ0n) is 13.4. The van der Waals surface area contributed by atoms with E-state index in [1.54, 1.807) is 6.26 Å². The first-order valence-electron chi connectivity index (χ1n) is 7.95. The number of nitrogens with one attached hydrogen (secondary N) is 1. The number of furan rings is 1. The fourth-order valence-corrected chi connectivity index (χ4v) is 3.11. The van der Waals surface area contributed by atoms with Gasteiger partial charge in [-0.15, -0.1) is 0 Å². The third-order valence-electron chi connectivity index (χ3n) is 4.19. The highest BCUT2D eigenvalue weighted by molar-refractivity contribution is 6.09. The Morgan fingerprint density at radius 3 is 2.79 bits per heavy atom. The highest BCUT2D eigenvalue weighted by atomic mass is 16.3. The Kier molecular flexibility index (Phi) is 3.54. The van der Waals surface area contributed by atoms with E-state index in [0.717, 1.165) is 38.6 Å². The number of amides is 1. The zero-order chi connectivity index (χ0) is 16.5. The predicted molar refractivity (Wildman–Crippen MR) is 97.2 cm³/mol. The topological polar surface area (TPSA) is 42.2 Å². The van der Waals surface area contributed by atoms with Crippen molar-refractivity contribution in [2.45, 2.75) is 13.3 Å². The lowest BCUT2D eigenvalue weighted by molar-refractivity contribution is -0.115. The van der Waals surface area contributed by atoms with Gasteiger partial charge in [0.25, 0.3) is 0 Å². The molecule has 4 rings (SSSR count). The van der Waals surface area contributed by atoms with Crippen molar-refractivity contribution in [1.29, 1.82) is 0 Å². The Morgan fingerprint density at radius 2 is 1.92 bits per heavy atom. The standard InChI is InChI=1S/C21H17NO2/c1-14-5-4-7-17(11-14)22-20(23)12-16-13-24-19-10-9-15-6-2-3-8-18(15)21(16)19/h2-11,13H,12H2,1H3,(H,22,23). The molecule has 1 N–H and O–H groups in total. The van der Waals surface area contributed by atoms with Crippen molar-refractivity contribution in [2.75, 3.05) is 5.32 Å². The molecule has 118 valence electrons. The normalized spacial score (nSPS) is 11.0. The van der Waals surface area contributed by atoms with Crippen LogP contribution in [0.25, 0.3) is 21.7 Å². The maximum Gasteiger partial charge on any atom is 0.228 e. The van der Waals surface area contributed by atoms with Gasteiger partial charge in [0.2, 0.25) is 5.91 Å². The first-order chi connectivity index (χ1) is 11.7. The second-order valence-corrected chi connectivity index (χ2v) is 6.02. The van der Waals surface area contributed by atoms with E-state index >= 15 is 0 Å². The molecule has 0 atom stereocenters. The quantitative estimate of drug-likeness (QED) is 0.573. The molecule has 3 aromatic carbocycles. The van der Waals surface area contributed by atoms with Crippen LogP contribution in [0.1, 0.15) is 11.1 Å². The molecular formula is C21H17NO2. The summed E-state index contributed by atoms with van der Waals surface area (Å²) in [5.74, 6) is -0.0452. The second-order valence-electron chi connectivity index (χ2n) is 6.02. The first-order valence-corrected chi connectivity index (χ1v) is 7.95. The van der Waals surface area contributed by atoms with Gasteiger partial charge in [-0.2, -0.15) is 0 Å². The van der Waals surface area contributed by atoms with Crippen LogP contribution in [-0.4, -0.2) is 5.91 Å². The summed E-state index contributed by atoms with van der Waals surface area (Å²) in [6.45, 7) is 2.01. The largest absolute Gasteiger partial charge is 0.464 e. The van der Waals surface area contributed by atoms with Crippen LogP contribution in [0.4, 0.5) is 5.69 Å². The van der Waals surface area contributed by atoms with E-state index in [2.05, 4.69) is 17.4 Å². The molecule has 0 radical (unpaired) electrons. The van der Waals surface area contributed by atoms with Crippen LogP contribution in [0, 0.1) is 6.92 Å². The van der Waals surface area contributed by atoms with Gasteiger partial charge in [-0.05, 0) is 41.5 Å². The van der Waals surface area contributed by atoms with Crippen molar-refractivity contribution in [3.8, 4) is 0 Å². The average Bonchev–Trinajstić information content (AvgIpc) is 2.98. The van der Waals surface area contributed by atoms with E-state index in [-0.39, 0.29) is 12.3 Å². The molecule has 0 saturated carbocycles. The summed E-state index contributed by atoms with van der Waals surface area (Å²) in [6, 6.07) is 19.9. The van der Waals surface area contributed by atoms with Crippen LogP contribution in [0.2, 0.25) is 0 Å². The zero-order valence-corrected chi connectivity index (χ0v) is 13.4. The van der Waals surface area contributed by atoms with Crippen LogP contribution in [-0.2, 0) is 11.2 Å². The lowest BCUT2D eigenvalue weighted by Crippen LogP contribution is -2.14. The van der Waals surface area contributed by atoms with Crippen LogP contribution in [0.3, 0.4) is 0 Å². The minimum Gasteiger partial charge on any atom is -0.464 e. The number of carbonyl (C=O) groups excluding carboxylic acids is 1. The number of rotatable bonds is 3. The summed E-state index contributed by atoms with van der Waals surface area (Å²) < 4.78 is 5.65. The summed E-state index contributed by atoms with van der Waals surface area (Å²) in [5, 5.41) is 6.23. The Bertz CT molecular complexity index is 1050. The van der Waals surface area contributed by atoms with Crippen LogP contribution < -0.4 is 5.32 Å². The molecule has 0 fully saturated rings. The van der Waals surface area contributed by atoms with Crippen molar-refractivity contribution >= 4 is 33.3 Å². The maximum atomic E-state index is 12.4. The van der Waals surface area contributed by atoms with E-state index in [4.69, 9.17) is 4.42 Å². The Morgan fingerprint density at radius 1 is 1.04 bits per heavy atom. The van der Waals surface area contributed by atoms with Crippen molar-refractivity contribution in [3.63, 3.8) is 0 Å². The molecule has 1 aromatic heterocycles. The van der Waals surface area contributed by atoms with Gasteiger partial charge in [-0.1, -0.05) is 42.5 Å². The van der Waals surface area contributed by atoms with Gasteiger partial charge >= 0.3 is 0 Å². The van der Waals surface area contributed by atoms with Gasteiger partial charge in [0.15, 0.2) is 0 Å². The summed E-state index contributed by atoms with van der Waals surface area (Å²) in [4.78, 5) is 12.4. The van der Waals surface area contributed by atoms with Crippen molar-refractivity contribution in [1.82, 2.24) is 0 Å². The number of anilines is 1. The molecular weight excluding hydrogens is 298 g/mol. The van der Waals surface area contributed by atoms with E-state index in [9.17, 15) is 4.79 Å². The molecule has 1 amide bonds. The molecule has 0 aliphatic rings. The minimum absolute atomic E-state index is 0.0452. The van der Waals surface area contributed by atoms with Gasteiger partial charge in [-0.25, -0.2) is 0 Å².